The fourth-order valence-electron chi connectivity index (χ4n) is 2.89. The summed E-state index contributed by atoms with van der Waals surface area (Å²) in [5, 5.41) is 6.69. The molecule has 1 aliphatic rings. The predicted octanol–water partition coefficient (Wildman–Crippen LogP) is 3.52. The molecule has 1 aromatic rings. The third kappa shape index (κ3) is 8.24. The summed E-state index contributed by atoms with van der Waals surface area (Å²) in [6.45, 7) is 14.5. The van der Waals surface area contributed by atoms with Gasteiger partial charge in [-0.1, -0.05) is 20.8 Å². The van der Waals surface area contributed by atoms with E-state index in [1.807, 2.05) is 6.20 Å². The lowest BCUT2D eigenvalue weighted by molar-refractivity contribution is 0.330. The third-order valence-electron chi connectivity index (χ3n) is 4.40. The van der Waals surface area contributed by atoms with Crippen LogP contribution in [0.1, 0.15) is 65.0 Å². The second-order valence-corrected chi connectivity index (χ2v) is 7.75. The molecule has 1 aromatic heterocycles. The molecule has 0 bridgehead atoms. The summed E-state index contributed by atoms with van der Waals surface area (Å²) in [7, 11) is 0. The number of aliphatic imine (C=N–C) groups is 1. The maximum absolute atomic E-state index is 5.80. The monoisotopic (exact) mass is 477 g/mol. The van der Waals surface area contributed by atoms with Crippen LogP contribution in [0, 0.1) is 0 Å². The van der Waals surface area contributed by atoms with E-state index in [1.165, 1.54) is 38.9 Å². The van der Waals surface area contributed by atoms with Gasteiger partial charge in [-0.05, 0) is 52.2 Å². The minimum atomic E-state index is -0.0208. The van der Waals surface area contributed by atoms with Crippen molar-refractivity contribution in [1.29, 1.82) is 0 Å². The molecule has 0 unspecified atom stereocenters. The number of unbranched alkanes of at least 4 members (excludes halogenated alkanes) is 1. The Labute approximate surface area is 175 Å². The van der Waals surface area contributed by atoms with Crippen LogP contribution in [-0.2, 0) is 12.0 Å². The number of nitrogens with zero attached hydrogens (tertiary/aromatic N) is 3. The van der Waals surface area contributed by atoms with Crippen molar-refractivity contribution in [3.05, 3.63) is 17.8 Å². The van der Waals surface area contributed by atoms with Gasteiger partial charge < -0.3 is 20.0 Å². The highest BCUT2D eigenvalue weighted by Crippen LogP contribution is 2.22. The number of hydrogen-bond donors (Lipinski definition) is 2. The molecule has 1 aliphatic heterocycles. The lowest BCUT2D eigenvalue weighted by atomic mass is 9.94. The molecule has 0 atom stereocenters. The van der Waals surface area contributed by atoms with Gasteiger partial charge in [-0.25, -0.2) is 9.98 Å². The van der Waals surface area contributed by atoms with Gasteiger partial charge in [0, 0.05) is 18.5 Å². The van der Waals surface area contributed by atoms with E-state index in [4.69, 9.17) is 4.42 Å². The summed E-state index contributed by atoms with van der Waals surface area (Å²) >= 11 is 0. The van der Waals surface area contributed by atoms with Gasteiger partial charge in [0.05, 0.1) is 6.20 Å². The molecule has 6 nitrogen and oxygen atoms in total. The van der Waals surface area contributed by atoms with Crippen molar-refractivity contribution in [1.82, 2.24) is 20.5 Å². The zero-order valence-corrected chi connectivity index (χ0v) is 19.1. The molecule has 0 aromatic carbocycles. The minimum absolute atomic E-state index is 0. The lowest BCUT2D eigenvalue weighted by Crippen LogP contribution is -2.38. The number of likely N-dealkylation sites (tertiary alicyclic amines) is 1. The lowest BCUT2D eigenvalue weighted by Gasteiger charge is -2.15. The summed E-state index contributed by atoms with van der Waals surface area (Å²) in [5.41, 5.74) is -0.0208. The van der Waals surface area contributed by atoms with Crippen LogP contribution < -0.4 is 10.6 Å². The van der Waals surface area contributed by atoms with E-state index in [1.54, 1.807) is 0 Å². The third-order valence-corrected chi connectivity index (χ3v) is 4.40. The van der Waals surface area contributed by atoms with Crippen molar-refractivity contribution < 1.29 is 4.42 Å². The fourth-order valence-corrected chi connectivity index (χ4v) is 2.89. The number of halogens is 1. The molecule has 150 valence electrons. The Morgan fingerprint density at radius 2 is 1.96 bits per heavy atom. The van der Waals surface area contributed by atoms with E-state index in [-0.39, 0.29) is 29.4 Å². The predicted molar refractivity (Wildman–Crippen MR) is 118 cm³/mol. The Balaban J connectivity index is 0.00000338. The van der Waals surface area contributed by atoms with Crippen molar-refractivity contribution in [2.75, 3.05) is 32.7 Å². The van der Waals surface area contributed by atoms with Gasteiger partial charge in [0.1, 0.15) is 12.3 Å². The number of guanidine groups is 1. The molecule has 0 spiro atoms. The molecule has 2 heterocycles. The standard InChI is InChI=1S/C19H35N5O.HI/c1-5-20-18(21-10-6-7-11-24-12-8-9-13-24)23-15-17-22-14-16(25-17)19(2,3)4;/h14H,5-13,15H2,1-4H3,(H2,20,21,23);1H. The van der Waals surface area contributed by atoms with Crippen molar-refractivity contribution >= 4 is 29.9 Å². The smallest absolute Gasteiger partial charge is 0.216 e. The van der Waals surface area contributed by atoms with Crippen molar-refractivity contribution in [2.45, 2.75) is 65.3 Å². The number of rotatable bonds is 8. The Morgan fingerprint density at radius 3 is 2.58 bits per heavy atom. The molecule has 1 fully saturated rings. The van der Waals surface area contributed by atoms with Crippen molar-refractivity contribution in [2.24, 2.45) is 4.99 Å². The van der Waals surface area contributed by atoms with Crippen LogP contribution in [0.2, 0.25) is 0 Å². The summed E-state index contributed by atoms with van der Waals surface area (Å²) in [4.78, 5) is 11.5. The highest BCUT2D eigenvalue weighted by atomic mass is 127. The number of oxazole rings is 1. The van der Waals surface area contributed by atoms with Gasteiger partial charge in [-0.3, -0.25) is 0 Å². The van der Waals surface area contributed by atoms with Gasteiger partial charge in [0.25, 0.3) is 0 Å². The molecule has 1 saturated heterocycles. The van der Waals surface area contributed by atoms with E-state index < -0.39 is 0 Å². The number of hydrogen-bond acceptors (Lipinski definition) is 4. The maximum atomic E-state index is 5.80. The first-order valence-corrected chi connectivity index (χ1v) is 9.69. The Morgan fingerprint density at radius 1 is 1.23 bits per heavy atom. The summed E-state index contributed by atoms with van der Waals surface area (Å²) in [5.74, 6) is 2.40. The molecule has 26 heavy (non-hydrogen) atoms. The molecule has 0 radical (unpaired) electrons. The van der Waals surface area contributed by atoms with Crippen molar-refractivity contribution in [3.63, 3.8) is 0 Å². The molecule has 2 rings (SSSR count). The zero-order chi connectivity index (χ0) is 18.1. The minimum Gasteiger partial charge on any atom is -0.443 e. The first-order valence-electron chi connectivity index (χ1n) is 9.69. The second-order valence-electron chi connectivity index (χ2n) is 7.75. The largest absolute Gasteiger partial charge is 0.443 e. The molecule has 0 amide bonds. The first kappa shape index (κ1) is 23.2. The average Bonchev–Trinajstić information content (AvgIpc) is 3.23. The molecule has 2 N–H and O–H groups in total. The highest BCUT2D eigenvalue weighted by Gasteiger charge is 2.19. The van der Waals surface area contributed by atoms with Crippen LogP contribution in [0.3, 0.4) is 0 Å². The Hall–Kier alpha value is -0.830. The topological polar surface area (TPSA) is 65.7 Å². The average molecular weight is 477 g/mol. The van der Waals surface area contributed by atoms with Crippen LogP contribution in [0.15, 0.2) is 15.6 Å². The molecular weight excluding hydrogens is 441 g/mol. The summed E-state index contributed by atoms with van der Waals surface area (Å²) < 4.78 is 5.80. The van der Waals surface area contributed by atoms with Crippen LogP contribution >= 0.6 is 24.0 Å². The van der Waals surface area contributed by atoms with Gasteiger partial charge >= 0.3 is 0 Å². The van der Waals surface area contributed by atoms with Crippen molar-refractivity contribution in [3.8, 4) is 0 Å². The van der Waals surface area contributed by atoms with E-state index in [0.29, 0.717) is 12.4 Å². The molecule has 7 heteroatoms. The van der Waals surface area contributed by atoms with Gasteiger partial charge in [-0.2, -0.15) is 0 Å². The number of aromatic nitrogens is 1. The fraction of sp³-hybridized carbons (Fsp3) is 0.789. The van der Waals surface area contributed by atoms with E-state index >= 15 is 0 Å². The van der Waals surface area contributed by atoms with Gasteiger partial charge in [-0.15, -0.1) is 24.0 Å². The summed E-state index contributed by atoms with van der Waals surface area (Å²) in [6.07, 6.45) is 6.94. The zero-order valence-electron chi connectivity index (χ0n) is 16.8. The maximum Gasteiger partial charge on any atom is 0.216 e. The molecular formula is C19H36IN5O. The van der Waals surface area contributed by atoms with Crippen LogP contribution in [0.4, 0.5) is 0 Å². The first-order chi connectivity index (χ1) is 12.0. The van der Waals surface area contributed by atoms with Gasteiger partial charge in [0.15, 0.2) is 5.96 Å². The van der Waals surface area contributed by atoms with Crippen LogP contribution in [0.25, 0.3) is 0 Å². The Bertz CT molecular complexity index is 532. The van der Waals surface area contributed by atoms with Gasteiger partial charge in [0.2, 0.25) is 5.89 Å². The van der Waals surface area contributed by atoms with E-state index in [0.717, 1.165) is 31.2 Å². The van der Waals surface area contributed by atoms with E-state index in [9.17, 15) is 0 Å². The van der Waals surface area contributed by atoms with Crippen LogP contribution in [-0.4, -0.2) is 48.6 Å². The molecule has 0 aliphatic carbocycles. The SMILES string of the molecule is CCNC(=NCc1ncc(C(C)(C)C)o1)NCCCCN1CCCC1.I. The summed E-state index contributed by atoms with van der Waals surface area (Å²) in [6, 6.07) is 0. The second kappa shape index (κ2) is 11.8. The number of nitrogens with one attached hydrogen (secondary N) is 2. The molecule has 0 saturated carbocycles. The quantitative estimate of drug-likeness (QED) is 0.260. The van der Waals surface area contributed by atoms with E-state index in [2.05, 4.69) is 53.2 Å². The highest BCUT2D eigenvalue weighted by molar-refractivity contribution is 14.0. The normalized spacial score (nSPS) is 15.8. The van der Waals surface area contributed by atoms with Crippen LogP contribution in [0.5, 0.6) is 0 Å². The Kier molecular flexibility index (Phi) is 10.5.